The van der Waals surface area contributed by atoms with Crippen LogP contribution in [0.25, 0.3) is 0 Å². The Kier molecular flexibility index (Phi) is 3.23. The number of hydrogen-bond acceptors (Lipinski definition) is 2. The number of rotatable bonds is 4. The monoisotopic (exact) mass is 232 g/mol. The molecule has 0 saturated heterocycles. The maximum absolute atomic E-state index is 12.2. The Hall–Kier alpha value is -1.31. The van der Waals surface area contributed by atoms with E-state index in [0.717, 1.165) is 35.3 Å². The van der Waals surface area contributed by atoms with Gasteiger partial charge < -0.3 is 4.74 Å². The highest BCUT2D eigenvalue weighted by atomic mass is 16.5. The molecule has 17 heavy (non-hydrogen) atoms. The minimum Gasteiger partial charge on any atom is -0.490 e. The summed E-state index contributed by atoms with van der Waals surface area (Å²) in [6.07, 6.45) is 2.17. The van der Waals surface area contributed by atoms with Crippen molar-refractivity contribution in [1.82, 2.24) is 0 Å². The number of benzene rings is 1. The summed E-state index contributed by atoms with van der Waals surface area (Å²) in [6, 6.07) is 4.03. The number of carbonyl (C=O) groups excluding carboxylic acids is 1. The molecule has 0 radical (unpaired) electrons. The third-order valence-electron chi connectivity index (χ3n) is 2.99. The smallest absolute Gasteiger partial charge is 0.169 e. The van der Waals surface area contributed by atoms with Gasteiger partial charge in [-0.15, -0.1) is 0 Å². The minimum atomic E-state index is 0.0992. The molecule has 92 valence electrons. The molecular weight excluding hydrogens is 212 g/mol. The first-order valence-corrected chi connectivity index (χ1v) is 6.31. The molecule has 0 amide bonds. The van der Waals surface area contributed by atoms with Crippen LogP contribution in [0.1, 0.15) is 48.2 Å². The lowest BCUT2D eigenvalue weighted by Gasteiger charge is -2.17. The second-order valence-corrected chi connectivity index (χ2v) is 5.26. The van der Waals surface area contributed by atoms with Crippen molar-refractivity contribution >= 4 is 5.78 Å². The lowest BCUT2D eigenvalue weighted by molar-refractivity contribution is 0.0961. The van der Waals surface area contributed by atoms with E-state index in [1.54, 1.807) is 0 Å². The second kappa shape index (κ2) is 4.52. The summed E-state index contributed by atoms with van der Waals surface area (Å²) in [6.45, 7) is 8.01. The van der Waals surface area contributed by atoms with Crippen LogP contribution in [0.3, 0.4) is 0 Å². The molecule has 2 nitrogen and oxygen atoms in total. The molecular formula is C15H20O2. The standard InChI is InChI=1S/C15H20O2/c1-9(2)17-15-11(4)7-10(3)8-13(15)14(16)12-5-6-12/h7-9,12H,5-6H2,1-4H3. The molecule has 0 bridgehead atoms. The molecule has 1 saturated carbocycles. The van der Waals surface area contributed by atoms with Crippen molar-refractivity contribution < 1.29 is 9.53 Å². The van der Waals surface area contributed by atoms with Crippen LogP contribution in [-0.4, -0.2) is 11.9 Å². The van der Waals surface area contributed by atoms with E-state index in [0.29, 0.717) is 0 Å². The Morgan fingerprint density at radius 1 is 1.29 bits per heavy atom. The summed E-state index contributed by atoms with van der Waals surface area (Å²) in [4.78, 5) is 12.2. The summed E-state index contributed by atoms with van der Waals surface area (Å²) in [5.74, 6) is 1.28. The fraction of sp³-hybridized carbons (Fsp3) is 0.533. The van der Waals surface area contributed by atoms with E-state index in [4.69, 9.17) is 4.74 Å². The van der Waals surface area contributed by atoms with E-state index >= 15 is 0 Å². The number of hydrogen-bond donors (Lipinski definition) is 0. The average Bonchev–Trinajstić information content (AvgIpc) is 3.03. The predicted octanol–water partition coefficient (Wildman–Crippen LogP) is 3.68. The van der Waals surface area contributed by atoms with Crippen molar-refractivity contribution in [2.45, 2.75) is 46.6 Å². The lowest BCUT2D eigenvalue weighted by atomic mass is 10.00. The number of Topliss-reactive ketones (excluding diaryl/α,β-unsaturated/α-hetero) is 1. The van der Waals surface area contributed by atoms with Gasteiger partial charge in [-0.2, -0.15) is 0 Å². The van der Waals surface area contributed by atoms with E-state index in [1.165, 1.54) is 0 Å². The quantitative estimate of drug-likeness (QED) is 0.740. The number of ether oxygens (including phenoxy) is 1. The van der Waals surface area contributed by atoms with Crippen molar-refractivity contribution in [3.05, 3.63) is 28.8 Å². The van der Waals surface area contributed by atoms with E-state index in [9.17, 15) is 4.79 Å². The van der Waals surface area contributed by atoms with Gasteiger partial charge in [0.2, 0.25) is 0 Å². The molecule has 0 aromatic heterocycles. The van der Waals surface area contributed by atoms with Crippen LogP contribution in [0, 0.1) is 19.8 Å². The van der Waals surface area contributed by atoms with Crippen LogP contribution in [0.15, 0.2) is 12.1 Å². The van der Waals surface area contributed by atoms with Gasteiger partial charge in [0.1, 0.15) is 5.75 Å². The van der Waals surface area contributed by atoms with Gasteiger partial charge in [-0.1, -0.05) is 6.07 Å². The minimum absolute atomic E-state index is 0.0992. The molecule has 1 fully saturated rings. The molecule has 1 aliphatic carbocycles. The highest BCUT2D eigenvalue weighted by molar-refractivity contribution is 6.02. The predicted molar refractivity (Wildman–Crippen MR) is 68.7 cm³/mol. The SMILES string of the molecule is Cc1cc(C)c(OC(C)C)c(C(=O)C2CC2)c1. The van der Waals surface area contributed by atoms with Gasteiger partial charge in [-0.25, -0.2) is 0 Å². The average molecular weight is 232 g/mol. The fourth-order valence-electron chi connectivity index (χ4n) is 2.09. The number of carbonyl (C=O) groups is 1. The van der Waals surface area contributed by atoms with Crippen LogP contribution in [0.5, 0.6) is 5.75 Å². The molecule has 0 N–H and O–H groups in total. The molecule has 2 heteroatoms. The van der Waals surface area contributed by atoms with Crippen molar-refractivity contribution in [3.8, 4) is 5.75 Å². The van der Waals surface area contributed by atoms with Crippen LogP contribution >= 0.6 is 0 Å². The van der Waals surface area contributed by atoms with Gasteiger partial charge in [-0.3, -0.25) is 4.79 Å². The zero-order valence-corrected chi connectivity index (χ0v) is 11.0. The topological polar surface area (TPSA) is 26.3 Å². The van der Waals surface area contributed by atoms with Crippen LogP contribution in [0.2, 0.25) is 0 Å². The maximum Gasteiger partial charge on any atom is 0.169 e. The second-order valence-electron chi connectivity index (χ2n) is 5.26. The van der Waals surface area contributed by atoms with Crippen molar-refractivity contribution in [2.24, 2.45) is 5.92 Å². The van der Waals surface area contributed by atoms with Gasteiger partial charge >= 0.3 is 0 Å². The Morgan fingerprint density at radius 2 is 1.94 bits per heavy atom. The molecule has 2 rings (SSSR count). The molecule has 1 aliphatic rings. The van der Waals surface area contributed by atoms with Gasteiger partial charge in [0.25, 0.3) is 0 Å². The van der Waals surface area contributed by atoms with Crippen molar-refractivity contribution in [3.63, 3.8) is 0 Å². The van der Waals surface area contributed by atoms with Crippen LogP contribution in [0.4, 0.5) is 0 Å². The van der Waals surface area contributed by atoms with Crippen LogP contribution in [-0.2, 0) is 0 Å². The summed E-state index contributed by atoms with van der Waals surface area (Å²) in [7, 11) is 0. The van der Waals surface area contributed by atoms with Gasteiger partial charge in [0.15, 0.2) is 5.78 Å². The molecule has 0 heterocycles. The third kappa shape index (κ3) is 2.68. The fourth-order valence-corrected chi connectivity index (χ4v) is 2.09. The molecule has 1 aromatic rings. The Bertz CT molecular complexity index is 442. The lowest BCUT2D eigenvalue weighted by Crippen LogP contribution is -2.12. The first kappa shape index (κ1) is 12.2. The number of ketones is 1. The molecule has 0 aliphatic heterocycles. The van der Waals surface area contributed by atoms with E-state index in [-0.39, 0.29) is 17.8 Å². The van der Waals surface area contributed by atoms with Gasteiger partial charge in [-0.05, 0) is 57.7 Å². The summed E-state index contributed by atoms with van der Waals surface area (Å²) < 4.78 is 5.81. The summed E-state index contributed by atoms with van der Waals surface area (Å²) >= 11 is 0. The Morgan fingerprint density at radius 3 is 2.47 bits per heavy atom. The number of aryl methyl sites for hydroxylation is 2. The Balaban J connectivity index is 2.42. The van der Waals surface area contributed by atoms with Crippen LogP contribution < -0.4 is 4.74 Å². The molecule has 0 atom stereocenters. The maximum atomic E-state index is 12.2. The zero-order chi connectivity index (χ0) is 12.6. The van der Waals surface area contributed by atoms with Crippen molar-refractivity contribution in [2.75, 3.05) is 0 Å². The summed E-state index contributed by atoms with van der Waals surface area (Å²) in [5.41, 5.74) is 2.96. The first-order valence-electron chi connectivity index (χ1n) is 6.31. The van der Waals surface area contributed by atoms with E-state index < -0.39 is 0 Å². The van der Waals surface area contributed by atoms with Gasteiger partial charge in [0, 0.05) is 5.92 Å². The highest BCUT2D eigenvalue weighted by Gasteiger charge is 2.32. The molecule has 0 unspecified atom stereocenters. The van der Waals surface area contributed by atoms with Crippen molar-refractivity contribution in [1.29, 1.82) is 0 Å². The van der Waals surface area contributed by atoms with E-state index in [2.05, 4.69) is 6.07 Å². The van der Waals surface area contributed by atoms with Gasteiger partial charge in [0.05, 0.1) is 11.7 Å². The highest BCUT2D eigenvalue weighted by Crippen LogP contribution is 2.37. The third-order valence-corrected chi connectivity index (χ3v) is 2.99. The Labute approximate surface area is 103 Å². The molecule has 1 aromatic carbocycles. The summed E-state index contributed by atoms with van der Waals surface area (Å²) in [5, 5.41) is 0. The zero-order valence-electron chi connectivity index (χ0n) is 11.0. The van der Waals surface area contributed by atoms with E-state index in [1.807, 2.05) is 33.8 Å². The first-order chi connectivity index (χ1) is 7.99. The normalized spacial score (nSPS) is 15.1. The molecule has 0 spiro atoms. The largest absolute Gasteiger partial charge is 0.490 e.